The summed E-state index contributed by atoms with van der Waals surface area (Å²) in [6.45, 7) is 11.8. The summed E-state index contributed by atoms with van der Waals surface area (Å²) >= 11 is 3.70. The second-order valence-electron chi connectivity index (χ2n) is 12.5. The third-order valence-corrected chi connectivity index (χ3v) is 10.5. The van der Waals surface area contributed by atoms with Crippen molar-refractivity contribution in [2.24, 2.45) is 11.8 Å². The van der Waals surface area contributed by atoms with E-state index in [2.05, 4.69) is 36.0 Å². The van der Waals surface area contributed by atoms with Crippen molar-refractivity contribution in [2.75, 3.05) is 33.3 Å². The number of benzene rings is 1. The first-order chi connectivity index (χ1) is 22.1. The average Bonchev–Trinajstić information content (AvgIpc) is 3.64. The van der Waals surface area contributed by atoms with Gasteiger partial charge in [-0.05, 0) is 31.7 Å². The number of aliphatic hydroxyl groups is 1. The number of esters is 1. The summed E-state index contributed by atoms with van der Waals surface area (Å²) in [6, 6.07) is 7.70. The van der Waals surface area contributed by atoms with Gasteiger partial charge >= 0.3 is 5.97 Å². The molecule has 3 aliphatic rings. The van der Waals surface area contributed by atoms with Crippen LogP contribution in [0.2, 0.25) is 0 Å². The molecule has 0 aromatic heterocycles. The number of aliphatic hydroxyl groups excluding tert-OH is 1. The first-order valence-corrected chi connectivity index (χ1v) is 17.2. The van der Waals surface area contributed by atoms with Crippen LogP contribution in [-0.2, 0) is 28.7 Å². The van der Waals surface area contributed by atoms with Crippen LogP contribution in [0.4, 0.5) is 0 Å². The predicted octanol–water partition coefficient (Wildman–Crippen LogP) is 4.03. The van der Waals surface area contributed by atoms with Crippen LogP contribution in [0.25, 0.3) is 0 Å². The van der Waals surface area contributed by atoms with Gasteiger partial charge in [0.1, 0.15) is 17.7 Å². The number of nitrogens with zero attached hydrogens (tertiary/aromatic N) is 3. The first-order valence-electron chi connectivity index (χ1n) is 16.3. The monoisotopic (exact) mass is 701 g/mol. The third-order valence-electron chi connectivity index (χ3n) is 9.70. The van der Waals surface area contributed by atoms with Crippen molar-refractivity contribution < 1.29 is 33.8 Å². The highest BCUT2D eigenvalue weighted by atomic mass is 79.9. The van der Waals surface area contributed by atoms with Crippen molar-refractivity contribution in [1.82, 2.24) is 14.7 Å². The predicted molar refractivity (Wildman–Crippen MR) is 178 cm³/mol. The second kappa shape index (κ2) is 15.7. The molecule has 0 radical (unpaired) electrons. The lowest BCUT2D eigenvalue weighted by molar-refractivity contribution is -0.164. The van der Waals surface area contributed by atoms with Crippen molar-refractivity contribution in [3.05, 3.63) is 61.2 Å². The Kier molecular flexibility index (Phi) is 12.2. The molecule has 3 heterocycles. The summed E-state index contributed by atoms with van der Waals surface area (Å²) in [7, 11) is 1.68. The van der Waals surface area contributed by atoms with E-state index in [0.717, 1.165) is 19.3 Å². The zero-order valence-corrected chi connectivity index (χ0v) is 28.8. The lowest BCUT2D eigenvalue weighted by Crippen LogP contribution is -2.57. The van der Waals surface area contributed by atoms with Gasteiger partial charge in [0, 0.05) is 37.9 Å². The molecule has 1 N–H and O–H groups in total. The van der Waals surface area contributed by atoms with E-state index >= 15 is 0 Å². The molecule has 1 aromatic carbocycles. The molecule has 1 aromatic rings. The number of ether oxygens (including phenoxy) is 2. The maximum Gasteiger partial charge on any atom is 0.313 e. The number of unbranched alkanes of at least 4 members (excludes halogenated alkanes) is 2. The van der Waals surface area contributed by atoms with E-state index in [4.69, 9.17) is 9.47 Å². The fraction of sp³-hybridized carbons (Fsp3) is 0.600. The van der Waals surface area contributed by atoms with Crippen molar-refractivity contribution in [2.45, 2.75) is 87.1 Å². The molecule has 4 rings (SSSR count). The van der Waals surface area contributed by atoms with Gasteiger partial charge in [0.05, 0.1) is 30.6 Å². The lowest BCUT2D eigenvalue weighted by Gasteiger charge is -2.37. The van der Waals surface area contributed by atoms with E-state index in [1.807, 2.05) is 37.3 Å². The molecule has 3 amide bonds. The number of allylic oxidation sites excluding steroid dienone is 1. The van der Waals surface area contributed by atoms with Gasteiger partial charge in [0.15, 0.2) is 0 Å². The first kappa shape index (κ1) is 35.8. The maximum absolute atomic E-state index is 14.3. The molecule has 8 atom stereocenters. The Balaban J connectivity index is 1.67. The number of halogens is 1. The summed E-state index contributed by atoms with van der Waals surface area (Å²) in [6.07, 6.45) is 5.73. The van der Waals surface area contributed by atoms with Gasteiger partial charge in [-0.1, -0.05) is 78.2 Å². The van der Waals surface area contributed by atoms with E-state index in [1.165, 1.54) is 4.90 Å². The molecule has 0 aliphatic carbocycles. The number of hydrogen-bond acceptors (Lipinski definition) is 7. The van der Waals surface area contributed by atoms with Gasteiger partial charge in [0.2, 0.25) is 17.7 Å². The highest BCUT2D eigenvalue weighted by Crippen LogP contribution is 2.60. The summed E-state index contributed by atoms with van der Waals surface area (Å²) in [5, 5.41) is 9.96. The minimum Gasteiger partial charge on any atom is -0.455 e. The van der Waals surface area contributed by atoms with Crippen LogP contribution in [0.15, 0.2) is 55.6 Å². The molecule has 3 aliphatic heterocycles. The average molecular weight is 703 g/mol. The normalized spacial score (nSPS) is 27.5. The smallest absolute Gasteiger partial charge is 0.313 e. The SMILES string of the molecule is C=CCCC(=O)N(C)[C@@H](C)[C@@H](OC(=O)[C@@H]1[C@H]2O[C@@]3(CC2Br)[C@H](C(=O)N(CC=C)CCCCC)N(CCO)C(=O)[C@@H]13)c1ccccc1. The molecule has 3 saturated heterocycles. The number of carbonyl (C=O) groups is 4. The molecule has 2 bridgehead atoms. The number of likely N-dealkylation sites (tertiary alicyclic amines) is 1. The molecular formula is C35H48BrN3O7. The van der Waals surface area contributed by atoms with Crippen LogP contribution in [0.3, 0.4) is 0 Å². The van der Waals surface area contributed by atoms with E-state index < -0.39 is 53.6 Å². The maximum atomic E-state index is 14.3. The van der Waals surface area contributed by atoms with E-state index in [9.17, 15) is 24.3 Å². The molecule has 1 spiro atoms. The van der Waals surface area contributed by atoms with E-state index in [1.54, 1.807) is 29.0 Å². The van der Waals surface area contributed by atoms with E-state index in [-0.39, 0.29) is 36.2 Å². The largest absolute Gasteiger partial charge is 0.455 e. The van der Waals surface area contributed by atoms with Gasteiger partial charge in [-0.15, -0.1) is 13.2 Å². The summed E-state index contributed by atoms with van der Waals surface area (Å²) in [5.41, 5.74) is -0.554. The van der Waals surface area contributed by atoms with Crippen molar-refractivity contribution in [1.29, 1.82) is 0 Å². The summed E-state index contributed by atoms with van der Waals surface area (Å²) in [5.74, 6) is -3.35. The second-order valence-corrected chi connectivity index (χ2v) is 13.7. The van der Waals surface area contributed by atoms with Gasteiger partial charge in [-0.3, -0.25) is 19.2 Å². The third kappa shape index (κ3) is 6.82. The molecule has 10 nitrogen and oxygen atoms in total. The summed E-state index contributed by atoms with van der Waals surface area (Å²) < 4.78 is 12.9. The quantitative estimate of drug-likeness (QED) is 0.113. The van der Waals surface area contributed by atoms with Crippen molar-refractivity contribution in [3.8, 4) is 0 Å². The Morgan fingerprint density at radius 3 is 2.57 bits per heavy atom. The highest BCUT2D eigenvalue weighted by Gasteiger charge is 2.77. The lowest BCUT2D eigenvalue weighted by atomic mass is 9.70. The van der Waals surface area contributed by atoms with Crippen LogP contribution in [0.1, 0.15) is 64.0 Å². The Labute approximate surface area is 280 Å². The van der Waals surface area contributed by atoms with Crippen molar-refractivity contribution in [3.63, 3.8) is 0 Å². The van der Waals surface area contributed by atoms with E-state index in [0.29, 0.717) is 31.5 Å². The zero-order chi connectivity index (χ0) is 33.6. The number of hydrogen-bond donors (Lipinski definition) is 1. The number of amides is 3. The van der Waals surface area contributed by atoms with Crippen LogP contribution in [0, 0.1) is 11.8 Å². The number of alkyl halides is 1. The van der Waals surface area contributed by atoms with Gasteiger partial charge < -0.3 is 29.3 Å². The van der Waals surface area contributed by atoms with Crippen LogP contribution in [0.5, 0.6) is 0 Å². The molecule has 46 heavy (non-hydrogen) atoms. The highest BCUT2D eigenvalue weighted by molar-refractivity contribution is 9.09. The number of fused-ring (bicyclic) bond motifs is 1. The minimum absolute atomic E-state index is 0.0611. The van der Waals surface area contributed by atoms with Crippen LogP contribution >= 0.6 is 15.9 Å². The summed E-state index contributed by atoms with van der Waals surface area (Å²) in [4.78, 5) is 60.1. The Bertz CT molecular complexity index is 1280. The number of β-amino-alcohol motifs (C(OH)–C–C–N with tert-alkyl or cyclic N) is 1. The van der Waals surface area contributed by atoms with Gasteiger partial charge in [-0.2, -0.15) is 0 Å². The molecule has 1 unspecified atom stereocenters. The topological polar surface area (TPSA) is 117 Å². The molecule has 0 saturated carbocycles. The molecule has 252 valence electrons. The fourth-order valence-electron chi connectivity index (χ4n) is 7.32. The number of carbonyl (C=O) groups excluding carboxylic acids is 4. The Morgan fingerprint density at radius 2 is 1.93 bits per heavy atom. The fourth-order valence-corrected chi connectivity index (χ4v) is 8.27. The van der Waals surface area contributed by atoms with Crippen molar-refractivity contribution >= 4 is 39.6 Å². The molecule has 3 fully saturated rings. The standard InChI is InChI=1S/C35H48BrN3O7/c1-6-9-14-19-38(18-8-3)33(43)31-35-22-25(36)30(46-35)27(28(35)32(42)39(31)20-21-40)34(44)45-29(24-15-12-11-13-16-24)23(4)37(5)26(41)17-10-7-2/h7-8,11-13,15-16,23,25,27-31,40H,2-3,6,9-10,14,17-22H2,1,4-5H3/t23-,25?,27-,28+,29+,30-,31-,35+/m0/s1. The van der Waals surface area contributed by atoms with Gasteiger partial charge in [-0.25, -0.2) is 0 Å². The molecule has 11 heteroatoms. The van der Waals surface area contributed by atoms with Crippen LogP contribution < -0.4 is 0 Å². The zero-order valence-electron chi connectivity index (χ0n) is 27.2. The van der Waals surface area contributed by atoms with Crippen LogP contribution in [-0.4, -0.2) is 105 Å². The Hall–Kier alpha value is -3.02. The van der Waals surface area contributed by atoms with Gasteiger partial charge in [0.25, 0.3) is 0 Å². The number of rotatable bonds is 17. The Morgan fingerprint density at radius 1 is 1.22 bits per heavy atom. The minimum atomic E-state index is -1.26. The number of likely N-dealkylation sites (N-methyl/N-ethyl adjacent to an activating group) is 1. The molecular weight excluding hydrogens is 654 g/mol.